The number of hydrogen-bond acceptors (Lipinski definition) is 3. The monoisotopic (exact) mass is 279 g/mol. The number of likely N-dealkylation sites (tertiary alicyclic amines) is 1. The van der Waals surface area contributed by atoms with Crippen molar-refractivity contribution in [2.45, 2.75) is 13.0 Å². The van der Waals surface area contributed by atoms with Gasteiger partial charge in [-0.3, -0.25) is 4.79 Å². The predicted octanol–water partition coefficient (Wildman–Crippen LogP) is 1.89. The molecule has 1 aromatic rings. The molecule has 1 heterocycles. The molecule has 0 bridgehead atoms. The Bertz CT molecular complexity index is 504. The molecule has 1 aliphatic heterocycles. The molecular formula is C15H22FN3O. The van der Waals surface area contributed by atoms with Crippen LogP contribution >= 0.6 is 0 Å². The smallest absolute Gasteiger partial charge is 0.256 e. The van der Waals surface area contributed by atoms with E-state index in [4.69, 9.17) is 0 Å². The Kier molecular flexibility index (Phi) is 4.28. The third kappa shape index (κ3) is 2.63. The molecule has 1 aromatic carbocycles. The van der Waals surface area contributed by atoms with Gasteiger partial charge in [0.15, 0.2) is 0 Å². The van der Waals surface area contributed by atoms with E-state index in [0.717, 1.165) is 0 Å². The van der Waals surface area contributed by atoms with E-state index in [0.29, 0.717) is 30.6 Å². The number of benzene rings is 1. The maximum absolute atomic E-state index is 13.7. The van der Waals surface area contributed by atoms with E-state index >= 15 is 0 Å². The number of anilines is 1. The highest BCUT2D eigenvalue weighted by atomic mass is 19.1. The summed E-state index contributed by atoms with van der Waals surface area (Å²) in [6.45, 7) is 3.54. The van der Waals surface area contributed by atoms with Gasteiger partial charge in [-0.2, -0.15) is 0 Å². The Morgan fingerprint density at radius 1 is 1.40 bits per heavy atom. The highest BCUT2D eigenvalue weighted by molar-refractivity contribution is 5.99. The van der Waals surface area contributed by atoms with Gasteiger partial charge >= 0.3 is 0 Å². The van der Waals surface area contributed by atoms with E-state index in [1.165, 1.54) is 6.07 Å². The topological polar surface area (TPSA) is 35.6 Å². The van der Waals surface area contributed by atoms with Crippen LogP contribution in [0.15, 0.2) is 18.2 Å². The van der Waals surface area contributed by atoms with Gasteiger partial charge in [-0.25, -0.2) is 4.39 Å². The van der Waals surface area contributed by atoms with E-state index in [9.17, 15) is 9.18 Å². The summed E-state index contributed by atoms with van der Waals surface area (Å²) in [5.74, 6) is -0.0830. The first-order valence-electron chi connectivity index (χ1n) is 6.87. The summed E-state index contributed by atoms with van der Waals surface area (Å²) in [7, 11) is 5.68. The second-order valence-electron chi connectivity index (χ2n) is 5.63. The molecule has 0 spiro atoms. The van der Waals surface area contributed by atoms with Crippen molar-refractivity contribution in [2.75, 3.05) is 39.5 Å². The molecule has 0 radical (unpaired) electrons. The molecule has 20 heavy (non-hydrogen) atoms. The Labute approximate surface area is 119 Å². The van der Waals surface area contributed by atoms with E-state index in [1.54, 1.807) is 19.2 Å². The lowest BCUT2D eigenvalue weighted by molar-refractivity contribution is 0.0782. The first-order valence-corrected chi connectivity index (χ1v) is 6.87. The maximum atomic E-state index is 13.7. The summed E-state index contributed by atoms with van der Waals surface area (Å²) >= 11 is 0. The van der Waals surface area contributed by atoms with Crippen LogP contribution in [0.5, 0.6) is 0 Å². The number of para-hydroxylation sites is 1. The van der Waals surface area contributed by atoms with Crippen molar-refractivity contribution in [1.29, 1.82) is 0 Å². The third-order valence-corrected chi connectivity index (χ3v) is 4.02. The molecule has 1 N–H and O–H groups in total. The van der Waals surface area contributed by atoms with E-state index in [1.807, 2.05) is 19.0 Å². The molecule has 5 heteroatoms. The lowest BCUT2D eigenvalue weighted by Gasteiger charge is -2.22. The summed E-state index contributed by atoms with van der Waals surface area (Å²) in [4.78, 5) is 16.5. The molecule has 0 saturated carbocycles. The van der Waals surface area contributed by atoms with Gasteiger partial charge in [-0.05, 0) is 32.1 Å². The summed E-state index contributed by atoms with van der Waals surface area (Å²) in [5.41, 5.74) is 0.678. The van der Waals surface area contributed by atoms with Crippen LogP contribution in [0.4, 0.5) is 10.1 Å². The van der Waals surface area contributed by atoms with E-state index < -0.39 is 5.82 Å². The number of amides is 1. The molecule has 1 aliphatic rings. The van der Waals surface area contributed by atoms with Crippen LogP contribution < -0.4 is 5.32 Å². The quantitative estimate of drug-likeness (QED) is 0.918. The third-order valence-electron chi connectivity index (χ3n) is 4.02. The summed E-state index contributed by atoms with van der Waals surface area (Å²) in [6, 6.07) is 4.96. The van der Waals surface area contributed by atoms with Gasteiger partial charge in [0.2, 0.25) is 0 Å². The van der Waals surface area contributed by atoms with Gasteiger partial charge in [0.05, 0.1) is 11.3 Å². The van der Waals surface area contributed by atoms with E-state index in [-0.39, 0.29) is 11.6 Å². The number of nitrogens with one attached hydrogen (secondary N) is 1. The van der Waals surface area contributed by atoms with Crippen molar-refractivity contribution < 1.29 is 9.18 Å². The number of rotatable bonds is 3. The maximum Gasteiger partial charge on any atom is 0.256 e. The second-order valence-corrected chi connectivity index (χ2v) is 5.63. The number of nitrogens with zero attached hydrogens (tertiary/aromatic N) is 2. The minimum Gasteiger partial charge on any atom is -0.385 e. The minimum atomic E-state index is -0.394. The highest BCUT2D eigenvalue weighted by Gasteiger charge is 2.34. The van der Waals surface area contributed by atoms with Crippen LogP contribution in [0.3, 0.4) is 0 Å². The Morgan fingerprint density at radius 2 is 2.10 bits per heavy atom. The SMILES string of the molecule is CNc1c(F)cccc1C(=O)N1CC(C)C(N(C)C)C1. The van der Waals surface area contributed by atoms with Gasteiger partial charge in [-0.15, -0.1) is 0 Å². The van der Waals surface area contributed by atoms with Gasteiger partial charge in [0.1, 0.15) is 5.82 Å². The number of likely N-dealkylation sites (N-methyl/N-ethyl adjacent to an activating group) is 1. The lowest BCUT2D eigenvalue weighted by atomic mass is 10.1. The largest absolute Gasteiger partial charge is 0.385 e. The Morgan fingerprint density at radius 3 is 2.65 bits per heavy atom. The molecular weight excluding hydrogens is 257 g/mol. The summed E-state index contributed by atoms with van der Waals surface area (Å²) in [5, 5.41) is 2.78. The molecule has 2 atom stereocenters. The number of carbonyl (C=O) groups is 1. The van der Waals surface area contributed by atoms with Crippen LogP contribution in [0.25, 0.3) is 0 Å². The fourth-order valence-corrected chi connectivity index (χ4v) is 2.91. The van der Waals surface area contributed by atoms with E-state index in [2.05, 4.69) is 17.1 Å². The molecule has 0 aliphatic carbocycles. The molecule has 2 unspecified atom stereocenters. The summed E-state index contributed by atoms with van der Waals surface area (Å²) < 4.78 is 13.7. The van der Waals surface area contributed by atoms with Crippen molar-refractivity contribution in [3.8, 4) is 0 Å². The van der Waals surface area contributed by atoms with Crippen molar-refractivity contribution >= 4 is 11.6 Å². The molecule has 4 nitrogen and oxygen atoms in total. The molecule has 2 rings (SSSR count). The van der Waals surface area contributed by atoms with Crippen LogP contribution in [0, 0.1) is 11.7 Å². The van der Waals surface area contributed by atoms with Crippen molar-refractivity contribution in [3.05, 3.63) is 29.6 Å². The van der Waals surface area contributed by atoms with Crippen LogP contribution in [-0.4, -0.2) is 56.0 Å². The summed E-state index contributed by atoms with van der Waals surface area (Å²) in [6.07, 6.45) is 0. The predicted molar refractivity (Wildman–Crippen MR) is 78.5 cm³/mol. The van der Waals surface area contributed by atoms with Gasteiger partial charge in [-0.1, -0.05) is 13.0 Å². The van der Waals surface area contributed by atoms with Crippen molar-refractivity contribution in [2.24, 2.45) is 5.92 Å². The highest BCUT2D eigenvalue weighted by Crippen LogP contribution is 2.25. The zero-order valence-corrected chi connectivity index (χ0v) is 12.5. The molecule has 1 amide bonds. The Hall–Kier alpha value is -1.62. The molecule has 0 aromatic heterocycles. The number of carbonyl (C=O) groups excluding carboxylic acids is 1. The van der Waals surface area contributed by atoms with Crippen molar-refractivity contribution in [3.63, 3.8) is 0 Å². The average molecular weight is 279 g/mol. The normalized spacial score (nSPS) is 22.4. The lowest BCUT2D eigenvalue weighted by Crippen LogP contribution is -2.36. The number of hydrogen-bond donors (Lipinski definition) is 1. The fraction of sp³-hybridized carbons (Fsp3) is 0.533. The van der Waals surface area contributed by atoms with Crippen LogP contribution in [0.1, 0.15) is 17.3 Å². The average Bonchev–Trinajstić information content (AvgIpc) is 2.80. The van der Waals surface area contributed by atoms with Crippen LogP contribution in [0.2, 0.25) is 0 Å². The first kappa shape index (κ1) is 14.8. The fourth-order valence-electron chi connectivity index (χ4n) is 2.91. The van der Waals surface area contributed by atoms with Crippen molar-refractivity contribution in [1.82, 2.24) is 9.80 Å². The molecule has 110 valence electrons. The van der Waals surface area contributed by atoms with Gasteiger partial charge < -0.3 is 15.1 Å². The standard InChI is InChI=1S/C15H22FN3O/c1-10-8-19(9-13(10)18(3)4)15(20)11-6-5-7-12(16)14(11)17-2/h5-7,10,13,17H,8-9H2,1-4H3. The molecule has 1 fully saturated rings. The Balaban J connectivity index is 2.23. The minimum absolute atomic E-state index is 0.106. The second kappa shape index (κ2) is 5.79. The van der Waals surface area contributed by atoms with Gasteiger partial charge in [0, 0.05) is 26.2 Å². The van der Waals surface area contributed by atoms with Gasteiger partial charge in [0.25, 0.3) is 5.91 Å². The zero-order chi connectivity index (χ0) is 14.9. The number of halogens is 1. The van der Waals surface area contributed by atoms with Crippen LogP contribution in [-0.2, 0) is 0 Å². The first-order chi connectivity index (χ1) is 9.45. The molecule has 1 saturated heterocycles. The zero-order valence-electron chi connectivity index (χ0n) is 12.5.